The molecule has 0 atom stereocenters. The van der Waals surface area contributed by atoms with Crippen LogP contribution in [0.3, 0.4) is 0 Å². The van der Waals surface area contributed by atoms with E-state index in [0.29, 0.717) is 11.6 Å². The molecule has 0 aromatic heterocycles. The van der Waals surface area contributed by atoms with Gasteiger partial charge in [-0.15, -0.1) is 0 Å². The van der Waals surface area contributed by atoms with Crippen LogP contribution >= 0.6 is 0 Å². The highest BCUT2D eigenvalue weighted by Gasteiger charge is 2.13. The molecule has 0 unspecified atom stereocenters. The van der Waals surface area contributed by atoms with E-state index in [4.69, 9.17) is 4.74 Å². The highest BCUT2D eigenvalue weighted by atomic mass is 16.5. The molecule has 1 saturated carbocycles. The molecule has 3 nitrogen and oxygen atoms in total. The van der Waals surface area contributed by atoms with Crippen molar-refractivity contribution in [3.63, 3.8) is 0 Å². The summed E-state index contributed by atoms with van der Waals surface area (Å²) in [5.74, 6) is -0.273. The first-order valence-electron chi connectivity index (χ1n) is 7.66. The molecule has 1 aliphatic rings. The Balaban J connectivity index is 2.03. The molecular formula is C17H25NO2. The third-order valence-corrected chi connectivity index (χ3v) is 4.11. The van der Waals surface area contributed by atoms with E-state index in [1.54, 1.807) is 0 Å². The van der Waals surface area contributed by atoms with Gasteiger partial charge in [0.2, 0.25) is 0 Å². The predicted octanol–water partition coefficient (Wildman–Crippen LogP) is 4.31. The van der Waals surface area contributed by atoms with E-state index in [9.17, 15) is 4.79 Å². The van der Waals surface area contributed by atoms with Gasteiger partial charge in [0.05, 0.1) is 12.7 Å². The van der Waals surface area contributed by atoms with Gasteiger partial charge in [-0.1, -0.05) is 32.1 Å². The van der Waals surface area contributed by atoms with Crippen LogP contribution in [-0.4, -0.2) is 19.1 Å². The molecule has 0 spiro atoms. The Morgan fingerprint density at radius 2 is 1.80 bits per heavy atom. The molecule has 0 aliphatic heterocycles. The summed E-state index contributed by atoms with van der Waals surface area (Å²) < 4.78 is 4.75. The number of ether oxygens (including phenoxy) is 1. The average Bonchev–Trinajstić information content (AvgIpc) is 2.42. The maximum atomic E-state index is 11.5. The van der Waals surface area contributed by atoms with E-state index in [-0.39, 0.29) is 5.97 Å². The van der Waals surface area contributed by atoms with Gasteiger partial charge in [-0.05, 0) is 43.5 Å². The lowest BCUT2D eigenvalue weighted by Gasteiger charge is -2.23. The summed E-state index contributed by atoms with van der Waals surface area (Å²) in [5, 5.41) is 3.65. The zero-order valence-electron chi connectivity index (χ0n) is 12.6. The Labute approximate surface area is 121 Å². The van der Waals surface area contributed by atoms with Gasteiger partial charge < -0.3 is 10.1 Å². The fourth-order valence-electron chi connectivity index (χ4n) is 2.89. The van der Waals surface area contributed by atoms with Crippen LogP contribution in [0.1, 0.15) is 60.9 Å². The number of carbonyl (C=O) groups excluding carboxylic acids is 1. The number of hydrogen-bond donors (Lipinski definition) is 1. The van der Waals surface area contributed by atoms with Crippen molar-refractivity contribution in [2.75, 3.05) is 12.4 Å². The van der Waals surface area contributed by atoms with Crippen LogP contribution in [0.2, 0.25) is 0 Å². The first kappa shape index (κ1) is 14.9. The van der Waals surface area contributed by atoms with E-state index in [0.717, 1.165) is 11.3 Å². The number of carbonyl (C=O) groups is 1. The van der Waals surface area contributed by atoms with Gasteiger partial charge in [0.15, 0.2) is 0 Å². The van der Waals surface area contributed by atoms with Gasteiger partial charge in [-0.25, -0.2) is 4.79 Å². The molecule has 0 saturated heterocycles. The number of anilines is 1. The van der Waals surface area contributed by atoms with Crippen molar-refractivity contribution in [3.8, 4) is 0 Å². The summed E-state index contributed by atoms with van der Waals surface area (Å²) in [5.41, 5.74) is 2.87. The van der Waals surface area contributed by atoms with Gasteiger partial charge in [-0.2, -0.15) is 0 Å². The third-order valence-electron chi connectivity index (χ3n) is 4.11. The number of aryl methyl sites for hydroxylation is 1. The maximum absolute atomic E-state index is 11.5. The molecule has 1 aliphatic carbocycles. The van der Waals surface area contributed by atoms with Crippen LogP contribution in [-0.2, 0) is 4.74 Å². The van der Waals surface area contributed by atoms with Crippen LogP contribution in [0.25, 0.3) is 0 Å². The average molecular weight is 275 g/mol. The molecule has 0 amide bonds. The molecule has 0 radical (unpaired) electrons. The van der Waals surface area contributed by atoms with Gasteiger partial charge in [0.1, 0.15) is 0 Å². The predicted molar refractivity (Wildman–Crippen MR) is 82.2 cm³/mol. The lowest BCUT2D eigenvalue weighted by Crippen LogP contribution is -2.21. The topological polar surface area (TPSA) is 38.3 Å². The number of nitrogens with one attached hydrogen (secondary N) is 1. The fourth-order valence-corrected chi connectivity index (χ4v) is 2.89. The van der Waals surface area contributed by atoms with Crippen LogP contribution < -0.4 is 5.32 Å². The summed E-state index contributed by atoms with van der Waals surface area (Å²) >= 11 is 0. The normalized spacial score (nSPS) is 17.1. The Morgan fingerprint density at radius 1 is 1.15 bits per heavy atom. The molecule has 0 heterocycles. The van der Waals surface area contributed by atoms with Crippen LogP contribution in [0.4, 0.5) is 5.69 Å². The SMILES string of the molecule is COC(=O)c1ccc(NC2CCCCCCC2)c(C)c1. The zero-order chi connectivity index (χ0) is 14.4. The van der Waals surface area contributed by atoms with Crippen LogP contribution in [0.15, 0.2) is 18.2 Å². The van der Waals surface area contributed by atoms with Crippen LogP contribution in [0.5, 0.6) is 0 Å². The number of benzene rings is 1. The monoisotopic (exact) mass is 275 g/mol. The summed E-state index contributed by atoms with van der Waals surface area (Å²) in [6.45, 7) is 2.04. The number of esters is 1. The van der Waals surface area contributed by atoms with Crippen molar-refractivity contribution in [1.82, 2.24) is 0 Å². The van der Waals surface area contributed by atoms with Crippen molar-refractivity contribution in [2.24, 2.45) is 0 Å². The van der Waals surface area contributed by atoms with Gasteiger partial charge >= 0.3 is 5.97 Å². The lowest BCUT2D eigenvalue weighted by atomic mass is 9.96. The number of rotatable bonds is 3. The summed E-state index contributed by atoms with van der Waals surface area (Å²) in [4.78, 5) is 11.5. The minimum atomic E-state index is -0.273. The largest absolute Gasteiger partial charge is 0.465 e. The molecule has 1 aromatic rings. The Bertz CT molecular complexity index is 448. The smallest absolute Gasteiger partial charge is 0.337 e. The second-order valence-electron chi connectivity index (χ2n) is 5.71. The third kappa shape index (κ3) is 3.99. The summed E-state index contributed by atoms with van der Waals surface area (Å²) in [6.07, 6.45) is 9.24. The number of hydrogen-bond acceptors (Lipinski definition) is 3. The zero-order valence-corrected chi connectivity index (χ0v) is 12.6. The molecule has 1 N–H and O–H groups in total. The number of methoxy groups -OCH3 is 1. The lowest BCUT2D eigenvalue weighted by molar-refractivity contribution is 0.0600. The van der Waals surface area contributed by atoms with E-state index in [2.05, 4.69) is 5.32 Å². The van der Waals surface area contributed by atoms with E-state index in [1.807, 2.05) is 25.1 Å². The Hall–Kier alpha value is -1.51. The Kier molecular flexibility index (Phi) is 5.45. The quantitative estimate of drug-likeness (QED) is 0.835. The standard InChI is InChI=1S/C17H25NO2/c1-13-12-14(17(19)20-2)10-11-16(13)18-15-8-6-4-3-5-7-9-15/h10-12,15,18H,3-9H2,1-2H3. The Morgan fingerprint density at radius 3 is 2.40 bits per heavy atom. The minimum absolute atomic E-state index is 0.273. The summed E-state index contributed by atoms with van der Waals surface area (Å²) in [6, 6.07) is 6.31. The molecular weight excluding hydrogens is 250 g/mol. The second-order valence-corrected chi connectivity index (χ2v) is 5.71. The minimum Gasteiger partial charge on any atom is -0.465 e. The maximum Gasteiger partial charge on any atom is 0.337 e. The molecule has 110 valence electrons. The van der Waals surface area contributed by atoms with Gasteiger partial charge in [-0.3, -0.25) is 0 Å². The summed E-state index contributed by atoms with van der Waals surface area (Å²) in [7, 11) is 1.42. The van der Waals surface area contributed by atoms with Gasteiger partial charge in [0, 0.05) is 11.7 Å². The molecule has 20 heavy (non-hydrogen) atoms. The fraction of sp³-hybridized carbons (Fsp3) is 0.588. The van der Waals surface area contributed by atoms with Crippen molar-refractivity contribution < 1.29 is 9.53 Å². The molecule has 0 bridgehead atoms. The van der Waals surface area contributed by atoms with Crippen molar-refractivity contribution >= 4 is 11.7 Å². The van der Waals surface area contributed by atoms with Gasteiger partial charge in [0.25, 0.3) is 0 Å². The van der Waals surface area contributed by atoms with E-state index >= 15 is 0 Å². The molecule has 2 rings (SSSR count). The van der Waals surface area contributed by atoms with E-state index in [1.165, 1.54) is 52.1 Å². The van der Waals surface area contributed by atoms with Crippen molar-refractivity contribution in [3.05, 3.63) is 29.3 Å². The highest BCUT2D eigenvalue weighted by Crippen LogP contribution is 2.23. The first-order chi connectivity index (χ1) is 9.70. The first-order valence-corrected chi connectivity index (χ1v) is 7.66. The highest BCUT2D eigenvalue weighted by molar-refractivity contribution is 5.90. The van der Waals surface area contributed by atoms with Crippen molar-refractivity contribution in [2.45, 2.75) is 57.9 Å². The van der Waals surface area contributed by atoms with Crippen LogP contribution in [0, 0.1) is 6.92 Å². The second kappa shape index (κ2) is 7.32. The molecule has 3 heteroatoms. The van der Waals surface area contributed by atoms with Crippen molar-refractivity contribution in [1.29, 1.82) is 0 Å². The molecule has 1 aromatic carbocycles. The van der Waals surface area contributed by atoms with E-state index < -0.39 is 0 Å². The molecule has 1 fully saturated rings.